The van der Waals surface area contributed by atoms with Gasteiger partial charge in [0.15, 0.2) is 0 Å². The van der Waals surface area contributed by atoms with E-state index in [9.17, 15) is 0 Å². The maximum atomic E-state index is 5.82. The molecule has 1 heterocycles. The Hall–Kier alpha value is -1.45. The van der Waals surface area contributed by atoms with Crippen LogP contribution in [-0.4, -0.2) is 9.97 Å². The molecule has 0 aliphatic carbocycles. The van der Waals surface area contributed by atoms with Crippen molar-refractivity contribution in [2.24, 2.45) is 5.73 Å². The van der Waals surface area contributed by atoms with Crippen molar-refractivity contribution in [3.05, 3.63) is 58.6 Å². The van der Waals surface area contributed by atoms with Crippen LogP contribution in [0.25, 0.3) is 0 Å². The molecule has 0 unspecified atom stereocenters. The minimum atomic E-state index is 0.441. The van der Waals surface area contributed by atoms with Crippen molar-refractivity contribution in [2.45, 2.75) is 13.0 Å². The summed E-state index contributed by atoms with van der Waals surface area (Å²) in [5.74, 6) is 0. The van der Waals surface area contributed by atoms with E-state index in [0.717, 1.165) is 22.8 Å². The number of benzene rings is 1. The van der Waals surface area contributed by atoms with Gasteiger partial charge >= 0.3 is 0 Å². The number of hydrogen-bond donors (Lipinski definition) is 1. The van der Waals surface area contributed by atoms with E-state index in [1.165, 1.54) is 5.56 Å². The zero-order chi connectivity index (χ0) is 11.4. The first-order valence-corrected chi connectivity index (χ1v) is 5.40. The van der Waals surface area contributed by atoms with Crippen LogP contribution in [0.3, 0.4) is 0 Å². The Bertz CT molecular complexity index is 468. The van der Waals surface area contributed by atoms with Crippen LogP contribution in [0.1, 0.15) is 17.0 Å². The second kappa shape index (κ2) is 5.05. The molecule has 2 aromatic rings. The van der Waals surface area contributed by atoms with E-state index in [1.54, 1.807) is 6.33 Å². The van der Waals surface area contributed by atoms with Crippen molar-refractivity contribution >= 4 is 11.6 Å². The number of rotatable bonds is 3. The molecule has 0 aliphatic rings. The average Bonchev–Trinajstić information content (AvgIpc) is 2.32. The summed E-state index contributed by atoms with van der Waals surface area (Å²) in [6, 6.07) is 9.66. The topological polar surface area (TPSA) is 51.8 Å². The van der Waals surface area contributed by atoms with Gasteiger partial charge in [-0.2, -0.15) is 0 Å². The molecule has 1 aromatic carbocycles. The molecule has 2 N–H and O–H groups in total. The Morgan fingerprint density at radius 2 is 1.75 bits per heavy atom. The summed E-state index contributed by atoms with van der Waals surface area (Å²) < 4.78 is 0. The summed E-state index contributed by atoms with van der Waals surface area (Å²) in [4.78, 5) is 8.26. The van der Waals surface area contributed by atoms with Gasteiger partial charge in [-0.05, 0) is 23.8 Å². The summed E-state index contributed by atoms with van der Waals surface area (Å²) in [5, 5.41) is 0.745. The minimum absolute atomic E-state index is 0.441. The fourth-order valence-electron chi connectivity index (χ4n) is 1.46. The maximum Gasteiger partial charge on any atom is 0.115 e. The van der Waals surface area contributed by atoms with E-state index >= 15 is 0 Å². The van der Waals surface area contributed by atoms with Crippen molar-refractivity contribution in [2.75, 3.05) is 0 Å². The van der Waals surface area contributed by atoms with Crippen LogP contribution in [0.15, 0.2) is 36.7 Å². The summed E-state index contributed by atoms with van der Waals surface area (Å²) in [6.45, 7) is 0.441. The Morgan fingerprint density at radius 1 is 1.06 bits per heavy atom. The van der Waals surface area contributed by atoms with Gasteiger partial charge in [0, 0.05) is 23.7 Å². The van der Waals surface area contributed by atoms with Crippen molar-refractivity contribution < 1.29 is 0 Å². The second-order valence-corrected chi connectivity index (χ2v) is 3.94. The minimum Gasteiger partial charge on any atom is -0.325 e. The lowest BCUT2D eigenvalue weighted by molar-refractivity contribution is 0.928. The van der Waals surface area contributed by atoms with Gasteiger partial charge in [0.1, 0.15) is 6.33 Å². The summed E-state index contributed by atoms with van der Waals surface area (Å²) in [6.07, 6.45) is 2.32. The van der Waals surface area contributed by atoms with Crippen LogP contribution in [0.2, 0.25) is 5.02 Å². The summed E-state index contributed by atoms with van der Waals surface area (Å²) in [5.41, 5.74) is 8.53. The number of nitrogens with two attached hydrogens (primary N) is 1. The average molecular weight is 234 g/mol. The molecule has 0 fully saturated rings. The van der Waals surface area contributed by atoms with E-state index in [-0.39, 0.29) is 0 Å². The normalized spacial score (nSPS) is 10.4. The number of halogens is 1. The predicted molar refractivity (Wildman–Crippen MR) is 64.2 cm³/mol. The van der Waals surface area contributed by atoms with Gasteiger partial charge in [-0.15, -0.1) is 0 Å². The van der Waals surface area contributed by atoms with Crippen LogP contribution < -0.4 is 5.73 Å². The highest BCUT2D eigenvalue weighted by molar-refractivity contribution is 6.30. The third-order valence-corrected chi connectivity index (χ3v) is 2.54. The Labute approximate surface area is 99.3 Å². The van der Waals surface area contributed by atoms with Crippen molar-refractivity contribution in [1.29, 1.82) is 0 Å². The van der Waals surface area contributed by atoms with E-state index < -0.39 is 0 Å². The van der Waals surface area contributed by atoms with Gasteiger partial charge < -0.3 is 5.73 Å². The van der Waals surface area contributed by atoms with Gasteiger partial charge in [0.2, 0.25) is 0 Å². The molecule has 16 heavy (non-hydrogen) atoms. The fraction of sp³-hybridized carbons (Fsp3) is 0.167. The maximum absolute atomic E-state index is 5.82. The molecule has 0 saturated carbocycles. The lowest BCUT2D eigenvalue weighted by atomic mass is 10.1. The van der Waals surface area contributed by atoms with Gasteiger partial charge in [-0.3, -0.25) is 0 Å². The SMILES string of the molecule is NCc1cc(Cc2ccc(Cl)cc2)ncn1. The van der Waals surface area contributed by atoms with E-state index in [4.69, 9.17) is 17.3 Å². The molecule has 3 nitrogen and oxygen atoms in total. The molecule has 2 rings (SSSR count). The fourth-order valence-corrected chi connectivity index (χ4v) is 1.59. The second-order valence-electron chi connectivity index (χ2n) is 3.51. The predicted octanol–water partition coefficient (Wildman–Crippen LogP) is 2.18. The lowest BCUT2D eigenvalue weighted by Gasteiger charge is -2.02. The molecule has 0 radical (unpaired) electrons. The smallest absolute Gasteiger partial charge is 0.115 e. The standard InChI is InChI=1S/C12H12ClN3/c13-10-3-1-9(2-4-10)5-11-6-12(7-14)16-8-15-11/h1-4,6,8H,5,7,14H2. The Balaban J connectivity index is 2.16. The van der Waals surface area contributed by atoms with Gasteiger partial charge in [-0.1, -0.05) is 23.7 Å². The number of aromatic nitrogens is 2. The molecule has 1 aromatic heterocycles. The molecule has 0 bridgehead atoms. The van der Waals surface area contributed by atoms with E-state index in [1.807, 2.05) is 30.3 Å². The van der Waals surface area contributed by atoms with E-state index in [2.05, 4.69) is 9.97 Å². The summed E-state index contributed by atoms with van der Waals surface area (Å²) in [7, 11) is 0. The Morgan fingerprint density at radius 3 is 2.44 bits per heavy atom. The summed E-state index contributed by atoms with van der Waals surface area (Å²) >= 11 is 5.82. The molecular weight excluding hydrogens is 222 g/mol. The highest BCUT2D eigenvalue weighted by Gasteiger charge is 1.99. The lowest BCUT2D eigenvalue weighted by Crippen LogP contribution is -2.02. The quantitative estimate of drug-likeness (QED) is 0.884. The first kappa shape index (κ1) is 11.0. The molecule has 0 saturated heterocycles. The monoisotopic (exact) mass is 233 g/mol. The van der Waals surface area contributed by atoms with Crippen LogP contribution in [-0.2, 0) is 13.0 Å². The van der Waals surface area contributed by atoms with Gasteiger partial charge in [-0.25, -0.2) is 9.97 Å². The largest absolute Gasteiger partial charge is 0.325 e. The number of nitrogens with zero attached hydrogens (tertiary/aromatic N) is 2. The zero-order valence-corrected chi connectivity index (χ0v) is 9.48. The molecular formula is C12H12ClN3. The third kappa shape index (κ3) is 2.78. The molecule has 0 amide bonds. The first-order chi connectivity index (χ1) is 7.78. The molecule has 82 valence electrons. The zero-order valence-electron chi connectivity index (χ0n) is 8.73. The number of hydrogen-bond acceptors (Lipinski definition) is 3. The van der Waals surface area contributed by atoms with Crippen molar-refractivity contribution in [3.8, 4) is 0 Å². The molecule has 0 atom stereocenters. The molecule has 0 spiro atoms. The van der Waals surface area contributed by atoms with Crippen LogP contribution in [0.5, 0.6) is 0 Å². The van der Waals surface area contributed by atoms with Crippen LogP contribution in [0, 0.1) is 0 Å². The first-order valence-electron chi connectivity index (χ1n) is 5.02. The van der Waals surface area contributed by atoms with Crippen LogP contribution in [0.4, 0.5) is 0 Å². The van der Waals surface area contributed by atoms with Crippen molar-refractivity contribution in [3.63, 3.8) is 0 Å². The van der Waals surface area contributed by atoms with Gasteiger partial charge in [0.25, 0.3) is 0 Å². The Kier molecular flexibility index (Phi) is 3.49. The van der Waals surface area contributed by atoms with Crippen LogP contribution >= 0.6 is 11.6 Å². The molecule has 0 aliphatic heterocycles. The highest BCUT2D eigenvalue weighted by Crippen LogP contribution is 2.12. The van der Waals surface area contributed by atoms with Crippen molar-refractivity contribution in [1.82, 2.24) is 9.97 Å². The third-order valence-electron chi connectivity index (χ3n) is 2.29. The molecule has 4 heteroatoms. The van der Waals surface area contributed by atoms with Gasteiger partial charge in [0.05, 0.1) is 5.69 Å². The highest BCUT2D eigenvalue weighted by atomic mass is 35.5. The van der Waals surface area contributed by atoms with E-state index in [0.29, 0.717) is 6.54 Å².